The molecule has 0 amide bonds. The van der Waals surface area contributed by atoms with E-state index in [4.69, 9.17) is 9.31 Å². The minimum Gasteiger partial charge on any atom is -0.399 e. The summed E-state index contributed by atoms with van der Waals surface area (Å²) >= 11 is 0. The van der Waals surface area contributed by atoms with E-state index in [0.717, 1.165) is 5.46 Å². The van der Waals surface area contributed by atoms with Crippen LogP contribution in [-0.2, 0) is 14.7 Å². The lowest BCUT2D eigenvalue weighted by Gasteiger charge is -2.36. The first-order valence-corrected chi connectivity index (χ1v) is 16.4. The highest BCUT2D eigenvalue weighted by Gasteiger charge is 2.53. The molecule has 1 atom stereocenters. The SMILES string of the molecule is CC1(C)OB(c2ccc3c(c2)C2(c4ccccc4C=C3)c3ccccc3-c3c2cc2ccc4cccc5ccc3c2c45)OC1(C)C. The maximum absolute atomic E-state index is 6.62. The van der Waals surface area contributed by atoms with Crippen LogP contribution in [-0.4, -0.2) is 18.3 Å². The Morgan fingerprint density at radius 3 is 1.93 bits per heavy atom. The van der Waals surface area contributed by atoms with Crippen molar-refractivity contribution < 1.29 is 9.31 Å². The van der Waals surface area contributed by atoms with E-state index in [1.54, 1.807) is 0 Å². The smallest absolute Gasteiger partial charge is 0.399 e. The first-order valence-electron chi connectivity index (χ1n) is 16.4. The van der Waals surface area contributed by atoms with Crippen molar-refractivity contribution in [3.63, 3.8) is 0 Å². The topological polar surface area (TPSA) is 18.5 Å². The third kappa shape index (κ3) is 3.20. The van der Waals surface area contributed by atoms with Gasteiger partial charge in [0.25, 0.3) is 0 Å². The van der Waals surface area contributed by atoms with Gasteiger partial charge in [-0.25, -0.2) is 0 Å². The van der Waals surface area contributed by atoms with Gasteiger partial charge in [0, 0.05) is 0 Å². The van der Waals surface area contributed by atoms with Crippen molar-refractivity contribution in [2.24, 2.45) is 0 Å². The molecule has 1 spiro atoms. The molecule has 220 valence electrons. The summed E-state index contributed by atoms with van der Waals surface area (Å²) in [6.45, 7) is 8.50. The van der Waals surface area contributed by atoms with E-state index in [1.165, 1.54) is 76.8 Å². The molecule has 0 N–H and O–H groups in total. The molecule has 1 saturated heterocycles. The van der Waals surface area contributed by atoms with E-state index in [0.29, 0.717) is 0 Å². The van der Waals surface area contributed by atoms with E-state index < -0.39 is 23.7 Å². The average molecular weight is 593 g/mol. The van der Waals surface area contributed by atoms with E-state index in [-0.39, 0.29) is 0 Å². The van der Waals surface area contributed by atoms with Gasteiger partial charge >= 0.3 is 7.12 Å². The van der Waals surface area contributed by atoms with E-state index >= 15 is 0 Å². The lowest BCUT2D eigenvalue weighted by molar-refractivity contribution is 0.00578. The Morgan fingerprint density at radius 2 is 1.15 bits per heavy atom. The van der Waals surface area contributed by atoms with Gasteiger partial charge in [-0.1, -0.05) is 121 Å². The second-order valence-electron chi connectivity index (χ2n) is 14.3. The molecule has 10 rings (SSSR count). The van der Waals surface area contributed by atoms with Gasteiger partial charge in [0.15, 0.2) is 0 Å². The summed E-state index contributed by atoms with van der Waals surface area (Å²) in [7, 11) is -0.448. The Hall–Kier alpha value is -4.70. The standard InChI is InChI=1S/C43H33BO2/c1-41(2)42(3,4)46-44(45-41)31-22-20-27-17-16-26-10-5-7-14-34(26)43(36(27)25-31)35-15-8-6-13-32(35)40-33-23-21-29-12-9-11-28-18-19-30(24-37(40)43)39(33)38(28)29/h5-25H,1-4H3. The molecule has 1 aliphatic heterocycles. The van der Waals surface area contributed by atoms with Crippen molar-refractivity contribution in [2.75, 3.05) is 0 Å². The molecule has 1 fully saturated rings. The van der Waals surface area contributed by atoms with Gasteiger partial charge in [0.05, 0.1) is 16.6 Å². The Morgan fingerprint density at radius 1 is 0.500 bits per heavy atom. The second kappa shape index (κ2) is 8.76. The highest BCUT2D eigenvalue weighted by molar-refractivity contribution is 6.62. The quantitative estimate of drug-likeness (QED) is 0.140. The molecular formula is C43H33BO2. The highest BCUT2D eigenvalue weighted by Crippen LogP contribution is 2.60. The van der Waals surface area contributed by atoms with Crippen LogP contribution in [0, 0.1) is 0 Å². The highest BCUT2D eigenvalue weighted by atomic mass is 16.7. The molecule has 0 saturated carbocycles. The molecule has 2 nitrogen and oxygen atoms in total. The summed E-state index contributed by atoms with van der Waals surface area (Å²) in [5.74, 6) is 0. The van der Waals surface area contributed by atoms with Crippen molar-refractivity contribution in [3.05, 3.63) is 149 Å². The van der Waals surface area contributed by atoms with Gasteiger partial charge in [0.1, 0.15) is 0 Å². The number of benzene rings is 7. The van der Waals surface area contributed by atoms with Crippen molar-refractivity contribution in [2.45, 2.75) is 44.3 Å². The first-order chi connectivity index (χ1) is 22.3. The second-order valence-corrected chi connectivity index (χ2v) is 14.3. The van der Waals surface area contributed by atoms with Crippen LogP contribution < -0.4 is 5.46 Å². The number of hydrogen-bond donors (Lipinski definition) is 0. The van der Waals surface area contributed by atoms with Gasteiger partial charge < -0.3 is 9.31 Å². The predicted molar refractivity (Wildman–Crippen MR) is 192 cm³/mol. The Kier molecular flexibility index (Phi) is 5.05. The lowest BCUT2D eigenvalue weighted by atomic mass is 9.64. The lowest BCUT2D eigenvalue weighted by Crippen LogP contribution is -2.41. The fraction of sp³-hybridized carbons (Fsp3) is 0.163. The van der Waals surface area contributed by atoms with E-state index in [2.05, 4.69) is 155 Å². The number of hydrogen-bond acceptors (Lipinski definition) is 2. The molecule has 46 heavy (non-hydrogen) atoms. The zero-order valence-electron chi connectivity index (χ0n) is 26.5. The Balaban J connectivity index is 1.36. The monoisotopic (exact) mass is 592 g/mol. The van der Waals surface area contributed by atoms with Gasteiger partial charge in [-0.2, -0.15) is 0 Å². The molecule has 1 unspecified atom stereocenters. The third-order valence-electron chi connectivity index (χ3n) is 11.5. The minimum atomic E-state index is -0.536. The van der Waals surface area contributed by atoms with E-state index in [9.17, 15) is 0 Å². The van der Waals surface area contributed by atoms with Crippen molar-refractivity contribution in [1.82, 2.24) is 0 Å². The molecular weight excluding hydrogens is 559 g/mol. The molecule has 0 radical (unpaired) electrons. The third-order valence-corrected chi connectivity index (χ3v) is 11.5. The summed E-state index contributed by atoms with van der Waals surface area (Å²) in [5, 5.41) is 7.89. The van der Waals surface area contributed by atoms with Gasteiger partial charge in [-0.3, -0.25) is 0 Å². The van der Waals surface area contributed by atoms with Crippen LogP contribution in [0.3, 0.4) is 0 Å². The molecule has 7 aromatic carbocycles. The van der Waals surface area contributed by atoms with Crippen LogP contribution in [0.25, 0.3) is 55.6 Å². The fourth-order valence-corrected chi connectivity index (χ4v) is 8.63. The number of fused-ring (bicyclic) bond motifs is 10. The first kappa shape index (κ1) is 26.5. The zero-order chi connectivity index (χ0) is 31.0. The van der Waals surface area contributed by atoms with Crippen LogP contribution in [0.5, 0.6) is 0 Å². The van der Waals surface area contributed by atoms with Crippen LogP contribution in [0.4, 0.5) is 0 Å². The molecule has 7 aromatic rings. The molecule has 2 aliphatic carbocycles. The van der Waals surface area contributed by atoms with Gasteiger partial charge in [0.2, 0.25) is 0 Å². The molecule has 3 aliphatic rings. The minimum absolute atomic E-state index is 0.420. The van der Waals surface area contributed by atoms with Crippen molar-refractivity contribution in [1.29, 1.82) is 0 Å². The largest absolute Gasteiger partial charge is 0.494 e. The molecule has 1 heterocycles. The number of rotatable bonds is 1. The van der Waals surface area contributed by atoms with Crippen LogP contribution in [0.15, 0.2) is 115 Å². The van der Waals surface area contributed by atoms with Crippen molar-refractivity contribution in [3.8, 4) is 11.1 Å². The molecule has 0 aromatic heterocycles. The van der Waals surface area contributed by atoms with Gasteiger partial charge in [-0.05, 0) is 116 Å². The summed E-state index contributed by atoms with van der Waals surface area (Å²) in [5.41, 5.74) is 9.99. The summed E-state index contributed by atoms with van der Waals surface area (Å²) in [4.78, 5) is 0. The van der Waals surface area contributed by atoms with Gasteiger partial charge in [-0.15, -0.1) is 0 Å². The van der Waals surface area contributed by atoms with Crippen LogP contribution in [0.1, 0.15) is 61.1 Å². The van der Waals surface area contributed by atoms with Crippen LogP contribution in [0.2, 0.25) is 0 Å². The summed E-state index contributed by atoms with van der Waals surface area (Å²) < 4.78 is 13.2. The summed E-state index contributed by atoms with van der Waals surface area (Å²) in [6, 6.07) is 43.3. The maximum atomic E-state index is 6.62. The van der Waals surface area contributed by atoms with Crippen LogP contribution >= 0.6 is 0 Å². The Labute approximate surface area is 269 Å². The Bertz CT molecular complexity index is 2420. The predicted octanol–water partition coefficient (Wildman–Crippen LogP) is 9.73. The van der Waals surface area contributed by atoms with E-state index in [1.807, 2.05) is 0 Å². The maximum Gasteiger partial charge on any atom is 0.494 e. The van der Waals surface area contributed by atoms with Crippen molar-refractivity contribution >= 4 is 57.1 Å². The normalized spacial score (nSPS) is 20.3. The molecule has 0 bridgehead atoms. The summed E-state index contributed by atoms with van der Waals surface area (Å²) in [6.07, 6.45) is 4.59. The molecule has 3 heteroatoms. The zero-order valence-corrected chi connectivity index (χ0v) is 26.5. The fourth-order valence-electron chi connectivity index (χ4n) is 8.63. The average Bonchev–Trinajstić information content (AvgIpc) is 3.41.